The minimum Gasteiger partial charge on any atom is -0.488 e. The van der Waals surface area contributed by atoms with Crippen LogP contribution in [-0.2, 0) is 27.2 Å². The molecule has 0 spiro atoms. The van der Waals surface area contributed by atoms with Crippen molar-refractivity contribution in [1.82, 2.24) is 4.90 Å². The van der Waals surface area contributed by atoms with Gasteiger partial charge in [0.15, 0.2) is 6.29 Å². The molecule has 0 bridgehead atoms. The van der Waals surface area contributed by atoms with Crippen molar-refractivity contribution in [2.45, 2.75) is 78.5 Å². The van der Waals surface area contributed by atoms with Crippen molar-refractivity contribution >= 4 is 27.3 Å². The molecule has 0 fully saturated rings. The standard InChI is InChI=1S/C29H40N2O4S/c1-7-33-28(34-8-2)20(3)31(18-22-19-36-26-12-10-9-11-24(22)26)27(32)25(30)17-21-13-15-23(16-14-21)35-29(4,5)6/h9-16,19-20,25,28H,7-8,17-18,30H2,1-6H3/t20-,25-/m0/s1. The van der Waals surface area contributed by atoms with E-state index in [4.69, 9.17) is 19.9 Å². The van der Waals surface area contributed by atoms with Gasteiger partial charge in [0.25, 0.3) is 0 Å². The molecule has 6 nitrogen and oxygen atoms in total. The zero-order chi connectivity index (χ0) is 26.3. The molecule has 0 aliphatic rings. The van der Waals surface area contributed by atoms with Gasteiger partial charge in [-0.15, -0.1) is 11.3 Å². The minimum atomic E-state index is -0.698. The van der Waals surface area contributed by atoms with Crippen LogP contribution in [0.3, 0.4) is 0 Å². The van der Waals surface area contributed by atoms with E-state index in [1.807, 2.05) is 82.8 Å². The zero-order valence-electron chi connectivity index (χ0n) is 22.3. The molecule has 1 aromatic heterocycles. The van der Waals surface area contributed by atoms with E-state index in [0.29, 0.717) is 26.2 Å². The Morgan fingerprint density at radius 1 is 1.03 bits per heavy atom. The van der Waals surface area contributed by atoms with Crippen LogP contribution < -0.4 is 10.5 Å². The number of amides is 1. The molecule has 1 amide bonds. The Bertz CT molecular complexity index is 1100. The number of thiophene rings is 1. The molecule has 0 aliphatic heterocycles. The number of rotatable bonds is 12. The molecule has 0 radical (unpaired) electrons. The molecular weight excluding hydrogens is 472 g/mol. The van der Waals surface area contributed by atoms with Gasteiger partial charge < -0.3 is 24.8 Å². The average Bonchev–Trinajstić information content (AvgIpc) is 3.24. The highest BCUT2D eigenvalue weighted by Crippen LogP contribution is 2.28. The molecule has 0 saturated heterocycles. The van der Waals surface area contributed by atoms with Crippen LogP contribution in [0.5, 0.6) is 5.75 Å². The third-order valence-corrected chi connectivity index (χ3v) is 6.86. The predicted molar refractivity (Wildman–Crippen MR) is 147 cm³/mol. The van der Waals surface area contributed by atoms with Gasteiger partial charge in [0.05, 0.1) is 12.1 Å². The summed E-state index contributed by atoms with van der Waals surface area (Å²) in [6.45, 7) is 13.3. The Morgan fingerprint density at radius 3 is 2.28 bits per heavy atom. The molecule has 2 atom stereocenters. The van der Waals surface area contributed by atoms with Crippen LogP contribution in [0.25, 0.3) is 10.1 Å². The molecule has 0 unspecified atom stereocenters. The second kappa shape index (κ2) is 12.7. The van der Waals surface area contributed by atoms with Crippen molar-refractivity contribution in [2.24, 2.45) is 5.73 Å². The number of fused-ring (bicyclic) bond motifs is 1. The lowest BCUT2D eigenvalue weighted by Crippen LogP contribution is -2.52. The molecule has 196 valence electrons. The van der Waals surface area contributed by atoms with Gasteiger partial charge in [-0.05, 0) is 88.1 Å². The Balaban J connectivity index is 1.82. The average molecular weight is 513 g/mol. The Hall–Kier alpha value is -2.45. The highest BCUT2D eigenvalue weighted by molar-refractivity contribution is 7.17. The first-order valence-corrected chi connectivity index (χ1v) is 13.5. The molecule has 36 heavy (non-hydrogen) atoms. The number of nitrogens with zero attached hydrogens (tertiary/aromatic N) is 1. The summed E-state index contributed by atoms with van der Waals surface area (Å²) in [5.74, 6) is 0.666. The van der Waals surface area contributed by atoms with E-state index in [9.17, 15) is 4.79 Å². The second-order valence-corrected chi connectivity index (χ2v) is 10.8. The second-order valence-electron chi connectivity index (χ2n) is 9.91. The maximum absolute atomic E-state index is 13.8. The molecule has 2 aromatic carbocycles. The summed E-state index contributed by atoms with van der Waals surface area (Å²) in [6.07, 6.45) is -0.106. The van der Waals surface area contributed by atoms with Crippen LogP contribution >= 0.6 is 11.3 Å². The van der Waals surface area contributed by atoms with Gasteiger partial charge in [-0.2, -0.15) is 0 Å². The summed E-state index contributed by atoms with van der Waals surface area (Å²) in [4.78, 5) is 15.6. The van der Waals surface area contributed by atoms with E-state index in [0.717, 1.165) is 22.3 Å². The van der Waals surface area contributed by atoms with Crippen LogP contribution in [0.15, 0.2) is 53.9 Å². The molecule has 7 heteroatoms. The lowest BCUT2D eigenvalue weighted by molar-refractivity contribution is -0.179. The van der Waals surface area contributed by atoms with E-state index in [-0.39, 0.29) is 17.6 Å². The first-order valence-electron chi connectivity index (χ1n) is 12.6. The fraction of sp³-hybridized carbons (Fsp3) is 0.483. The smallest absolute Gasteiger partial charge is 0.240 e. The van der Waals surface area contributed by atoms with Crippen molar-refractivity contribution in [1.29, 1.82) is 0 Å². The Morgan fingerprint density at radius 2 is 1.67 bits per heavy atom. The van der Waals surface area contributed by atoms with Gasteiger partial charge in [-0.3, -0.25) is 4.79 Å². The third-order valence-electron chi connectivity index (χ3n) is 5.85. The van der Waals surface area contributed by atoms with Crippen molar-refractivity contribution in [3.05, 3.63) is 65.0 Å². The fourth-order valence-electron chi connectivity index (χ4n) is 4.16. The van der Waals surface area contributed by atoms with Gasteiger partial charge in [0.1, 0.15) is 11.4 Å². The van der Waals surface area contributed by atoms with Crippen molar-refractivity contribution in [2.75, 3.05) is 13.2 Å². The minimum absolute atomic E-state index is 0.128. The van der Waals surface area contributed by atoms with E-state index in [1.54, 1.807) is 11.3 Å². The molecular formula is C29H40N2O4S. The first kappa shape index (κ1) is 28.1. The Labute approximate surface area is 219 Å². The molecule has 2 N–H and O–H groups in total. The summed E-state index contributed by atoms with van der Waals surface area (Å²) < 4.78 is 18.8. The Kier molecular flexibility index (Phi) is 9.91. The normalized spacial score (nSPS) is 13.7. The zero-order valence-corrected chi connectivity index (χ0v) is 23.1. The van der Waals surface area contributed by atoms with Gasteiger partial charge in [-0.25, -0.2) is 0 Å². The van der Waals surface area contributed by atoms with Crippen molar-refractivity contribution in [3.8, 4) is 5.75 Å². The monoisotopic (exact) mass is 512 g/mol. The SMILES string of the molecule is CCOC(OCC)[C@H](C)N(Cc1csc2ccccc12)C(=O)[C@@H](N)Cc1ccc(OC(C)(C)C)cc1. The molecule has 3 aromatic rings. The largest absolute Gasteiger partial charge is 0.488 e. The van der Waals surface area contributed by atoms with E-state index in [1.165, 1.54) is 4.70 Å². The number of ether oxygens (including phenoxy) is 3. The highest BCUT2D eigenvalue weighted by Gasteiger charge is 2.32. The van der Waals surface area contributed by atoms with E-state index in [2.05, 4.69) is 17.5 Å². The summed E-state index contributed by atoms with van der Waals surface area (Å²) in [7, 11) is 0. The predicted octanol–water partition coefficient (Wildman–Crippen LogP) is 5.76. The van der Waals surface area contributed by atoms with Gasteiger partial charge in [-0.1, -0.05) is 30.3 Å². The van der Waals surface area contributed by atoms with E-state index < -0.39 is 12.3 Å². The van der Waals surface area contributed by atoms with Crippen LogP contribution in [0, 0.1) is 0 Å². The summed E-state index contributed by atoms with van der Waals surface area (Å²) in [6, 6.07) is 15.0. The van der Waals surface area contributed by atoms with E-state index >= 15 is 0 Å². The quantitative estimate of drug-likeness (QED) is 0.312. The van der Waals surface area contributed by atoms with Crippen molar-refractivity contribution in [3.63, 3.8) is 0 Å². The van der Waals surface area contributed by atoms with Crippen molar-refractivity contribution < 1.29 is 19.0 Å². The fourth-order valence-corrected chi connectivity index (χ4v) is 5.12. The summed E-state index contributed by atoms with van der Waals surface area (Å²) in [5.41, 5.74) is 8.33. The lowest BCUT2D eigenvalue weighted by atomic mass is 10.0. The van der Waals surface area contributed by atoms with Gasteiger partial charge >= 0.3 is 0 Å². The number of carbonyl (C=O) groups is 1. The summed E-state index contributed by atoms with van der Waals surface area (Å²) in [5, 5.41) is 3.27. The topological polar surface area (TPSA) is 74.0 Å². The van der Waals surface area contributed by atoms with Gasteiger partial charge in [0.2, 0.25) is 5.91 Å². The van der Waals surface area contributed by atoms with Crippen LogP contribution in [0.2, 0.25) is 0 Å². The van der Waals surface area contributed by atoms with Crippen LogP contribution in [-0.4, -0.2) is 48.0 Å². The highest BCUT2D eigenvalue weighted by atomic mass is 32.1. The number of nitrogens with two attached hydrogens (primary N) is 1. The maximum atomic E-state index is 13.8. The molecule has 0 saturated carbocycles. The van der Waals surface area contributed by atoms with Crippen LogP contribution in [0.4, 0.5) is 0 Å². The number of hydrogen-bond donors (Lipinski definition) is 1. The maximum Gasteiger partial charge on any atom is 0.240 e. The number of carbonyl (C=O) groups excluding carboxylic acids is 1. The molecule has 1 heterocycles. The van der Waals surface area contributed by atoms with Gasteiger partial charge in [0, 0.05) is 24.5 Å². The molecule has 0 aliphatic carbocycles. The lowest BCUT2D eigenvalue weighted by Gasteiger charge is -2.35. The third kappa shape index (κ3) is 7.53. The number of benzene rings is 2. The first-order chi connectivity index (χ1) is 17.1. The molecule has 3 rings (SSSR count). The van der Waals surface area contributed by atoms with Crippen LogP contribution in [0.1, 0.15) is 52.7 Å². The number of hydrogen-bond acceptors (Lipinski definition) is 6. The summed E-state index contributed by atoms with van der Waals surface area (Å²) >= 11 is 1.68.